The predicted octanol–water partition coefficient (Wildman–Crippen LogP) is 2.90. The molecule has 1 rings (SSSR count). The van der Waals surface area contributed by atoms with Gasteiger partial charge in [0.05, 0.1) is 0 Å². The normalized spacial score (nSPS) is 25.4. The molecule has 1 aliphatic carbocycles. The fourth-order valence-corrected chi connectivity index (χ4v) is 2.19. The number of terminal acetylenes is 1. The summed E-state index contributed by atoms with van der Waals surface area (Å²) in [5.74, 6) is 2.48. The molecule has 1 nitrogen and oxygen atoms in total. The van der Waals surface area contributed by atoms with Crippen LogP contribution in [-0.4, -0.2) is 10.7 Å². The highest BCUT2D eigenvalue weighted by molar-refractivity contribution is 5.35. The zero-order valence-electron chi connectivity index (χ0n) is 9.65. The second-order valence-corrected chi connectivity index (χ2v) is 5.06. The molecule has 0 heterocycles. The van der Waals surface area contributed by atoms with Gasteiger partial charge >= 0.3 is 0 Å². The van der Waals surface area contributed by atoms with Crippen LogP contribution in [0.3, 0.4) is 0 Å². The minimum atomic E-state index is -1.05. The smallest absolute Gasteiger partial charge is 0.144 e. The standard InChI is InChI=1S/C13H20O/c1-6-13(5,14)11-8-7-9-12(3,4)10(11)2/h1,14H,7-9H2,2-5H3. The fraction of sp³-hybridized carbons (Fsp3) is 0.692. The predicted molar refractivity (Wildman–Crippen MR) is 59.8 cm³/mol. The van der Waals surface area contributed by atoms with Gasteiger partial charge in [0, 0.05) is 0 Å². The molecule has 0 spiro atoms. The summed E-state index contributed by atoms with van der Waals surface area (Å²) in [5, 5.41) is 10.1. The molecule has 0 bridgehead atoms. The second-order valence-electron chi connectivity index (χ2n) is 5.06. The van der Waals surface area contributed by atoms with Crippen LogP contribution in [0, 0.1) is 17.8 Å². The van der Waals surface area contributed by atoms with E-state index in [2.05, 4.69) is 26.7 Å². The Kier molecular flexibility index (Phi) is 2.78. The average molecular weight is 192 g/mol. The van der Waals surface area contributed by atoms with Crippen LogP contribution in [0.15, 0.2) is 11.1 Å². The van der Waals surface area contributed by atoms with E-state index in [-0.39, 0.29) is 5.41 Å². The van der Waals surface area contributed by atoms with Gasteiger partial charge in [0.25, 0.3) is 0 Å². The summed E-state index contributed by atoms with van der Waals surface area (Å²) in [6.07, 6.45) is 8.60. The average Bonchev–Trinajstić information content (AvgIpc) is 2.09. The van der Waals surface area contributed by atoms with Crippen molar-refractivity contribution < 1.29 is 5.11 Å². The van der Waals surface area contributed by atoms with Crippen molar-refractivity contribution in [3.63, 3.8) is 0 Å². The zero-order chi connectivity index (χ0) is 11.0. The first-order valence-electron chi connectivity index (χ1n) is 5.22. The molecule has 0 aromatic rings. The van der Waals surface area contributed by atoms with Gasteiger partial charge in [0.1, 0.15) is 5.60 Å². The van der Waals surface area contributed by atoms with Gasteiger partial charge in [-0.2, -0.15) is 0 Å². The summed E-state index contributed by atoms with van der Waals surface area (Å²) in [6, 6.07) is 0. The lowest BCUT2D eigenvalue weighted by Crippen LogP contribution is -2.31. The van der Waals surface area contributed by atoms with Crippen LogP contribution in [0.5, 0.6) is 0 Å². The van der Waals surface area contributed by atoms with Gasteiger partial charge in [-0.15, -0.1) is 6.42 Å². The number of hydrogen-bond donors (Lipinski definition) is 1. The molecule has 0 aliphatic heterocycles. The molecule has 1 unspecified atom stereocenters. The molecule has 0 saturated heterocycles. The maximum atomic E-state index is 10.1. The molecule has 1 aliphatic rings. The first-order chi connectivity index (χ1) is 6.31. The summed E-state index contributed by atoms with van der Waals surface area (Å²) in [4.78, 5) is 0. The third kappa shape index (κ3) is 1.86. The Balaban J connectivity index is 3.16. The lowest BCUT2D eigenvalue weighted by Gasteiger charge is -2.37. The highest BCUT2D eigenvalue weighted by Crippen LogP contribution is 2.42. The van der Waals surface area contributed by atoms with Crippen molar-refractivity contribution in [3.8, 4) is 12.3 Å². The first kappa shape index (κ1) is 11.3. The molecular weight excluding hydrogens is 172 g/mol. The van der Waals surface area contributed by atoms with Gasteiger partial charge in [-0.05, 0) is 44.1 Å². The number of rotatable bonds is 1. The Morgan fingerprint density at radius 2 is 2.07 bits per heavy atom. The Morgan fingerprint density at radius 3 is 2.57 bits per heavy atom. The van der Waals surface area contributed by atoms with E-state index in [0.717, 1.165) is 18.4 Å². The minimum Gasteiger partial charge on any atom is -0.374 e. The maximum Gasteiger partial charge on any atom is 0.144 e. The summed E-state index contributed by atoms with van der Waals surface area (Å²) < 4.78 is 0. The minimum absolute atomic E-state index is 0.189. The van der Waals surface area contributed by atoms with Gasteiger partial charge in [0.2, 0.25) is 0 Å². The van der Waals surface area contributed by atoms with Crippen molar-refractivity contribution in [1.82, 2.24) is 0 Å². The third-order valence-electron chi connectivity index (χ3n) is 3.57. The first-order valence-corrected chi connectivity index (χ1v) is 5.22. The van der Waals surface area contributed by atoms with Crippen LogP contribution in [0.1, 0.15) is 47.0 Å². The molecule has 1 atom stereocenters. The van der Waals surface area contributed by atoms with Crippen LogP contribution in [0.4, 0.5) is 0 Å². The summed E-state index contributed by atoms with van der Waals surface area (Å²) in [7, 11) is 0. The van der Waals surface area contributed by atoms with Gasteiger partial charge in [0.15, 0.2) is 0 Å². The molecule has 0 aromatic heterocycles. The largest absolute Gasteiger partial charge is 0.374 e. The van der Waals surface area contributed by atoms with Crippen molar-refractivity contribution in [2.24, 2.45) is 5.41 Å². The van der Waals surface area contributed by atoms with Crippen molar-refractivity contribution in [3.05, 3.63) is 11.1 Å². The zero-order valence-corrected chi connectivity index (χ0v) is 9.65. The Labute approximate surface area is 87.2 Å². The van der Waals surface area contributed by atoms with Gasteiger partial charge in [-0.1, -0.05) is 25.3 Å². The monoisotopic (exact) mass is 192 g/mol. The van der Waals surface area contributed by atoms with Crippen molar-refractivity contribution in [2.45, 2.75) is 52.6 Å². The van der Waals surface area contributed by atoms with E-state index >= 15 is 0 Å². The second kappa shape index (κ2) is 3.44. The van der Waals surface area contributed by atoms with E-state index in [4.69, 9.17) is 6.42 Å². The maximum absolute atomic E-state index is 10.1. The van der Waals surface area contributed by atoms with Gasteiger partial charge in [-0.25, -0.2) is 0 Å². The molecule has 1 N–H and O–H groups in total. The topological polar surface area (TPSA) is 20.2 Å². The molecule has 0 fully saturated rings. The molecule has 0 radical (unpaired) electrons. The third-order valence-corrected chi connectivity index (χ3v) is 3.57. The van der Waals surface area contributed by atoms with E-state index in [9.17, 15) is 5.11 Å². The van der Waals surface area contributed by atoms with Gasteiger partial charge < -0.3 is 5.11 Å². The lowest BCUT2D eigenvalue weighted by atomic mass is 9.70. The SMILES string of the molecule is C#CC(C)(O)C1=C(C)C(C)(C)CCC1. The van der Waals surface area contributed by atoms with Crippen molar-refractivity contribution in [2.75, 3.05) is 0 Å². The van der Waals surface area contributed by atoms with E-state index in [1.165, 1.54) is 12.0 Å². The fourth-order valence-electron chi connectivity index (χ4n) is 2.19. The van der Waals surface area contributed by atoms with Gasteiger partial charge in [-0.3, -0.25) is 0 Å². The van der Waals surface area contributed by atoms with Crippen LogP contribution in [0.25, 0.3) is 0 Å². The molecule has 0 amide bonds. The van der Waals surface area contributed by atoms with Crippen LogP contribution < -0.4 is 0 Å². The summed E-state index contributed by atoms with van der Waals surface area (Å²) in [5.41, 5.74) is 1.46. The summed E-state index contributed by atoms with van der Waals surface area (Å²) >= 11 is 0. The van der Waals surface area contributed by atoms with Crippen molar-refractivity contribution in [1.29, 1.82) is 0 Å². The van der Waals surface area contributed by atoms with Crippen molar-refractivity contribution >= 4 is 0 Å². The highest BCUT2D eigenvalue weighted by atomic mass is 16.3. The molecule has 0 aromatic carbocycles. The summed E-state index contributed by atoms with van der Waals surface area (Å²) in [6.45, 7) is 8.25. The van der Waals surface area contributed by atoms with E-state index in [1.807, 2.05) is 0 Å². The molecule has 78 valence electrons. The Bertz CT molecular complexity index is 300. The Morgan fingerprint density at radius 1 is 1.50 bits per heavy atom. The highest BCUT2D eigenvalue weighted by Gasteiger charge is 2.33. The molecule has 1 heteroatoms. The lowest BCUT2D eigenvalue weighted by molar-refractivity contribution is 0.147. The molecule has 14 heavy (non-hydrogen) atoms. The quantitative estimate of drug-likeness (QED) is 0.500. The van der Waals surface area contributed by atoms with E-state index in [1.54, 1.807) is 6.92 Å². The molecule has 0 saturated carbocycles. The van der Waals surface area contributed by atoms with Crippen LogP contribution >= 0.6 is 0 Å². The number of hydrogen-bond acceptors (Lipinski definition) is 1. The number of aliphatic hydroxyl groups is 1. The van der Waals surface area contributed by atoms with E-state index in [0.29, 0.717) is 0 Å². The molecular formula is C13H20O. The van der Waals surface area contributed by atoms with Crippen LogP contribution in [0.2, 0.25) is 0 Å². The number of allylic oxidation sites excluding steroid dienone is 1. The van der Waals surface area contributed by atoms with Crippen LogP contribution in [-0.2, 0) is 0 Å². The van der Waals surface area contributed by atoms with E-state index < -0.39 is 5.60 Å². The Hall–Kier alpha value is -0.740.